The van der Waals surface area contributed by atoms with Gasteiger partial charge < -0.3 is 0 Å². The summed E-state index contributed by atoms with van der Waals surface area (Å²) in [5.41, 5.74) is 0. The van der Waals surface area contributed by atoms with Gasteiger partial charge in [0.05, 0.1) is 0 Å². The summed E-state index contributed by atoms with van der Waals surface area (Å²) in [5.74, 6) is 0. The van der Waals surface area contributed by atoms with E-state index in [0.717, 1.165) is 0 Å². The summed E-state index contributed by atoms with van der Waals surface area (Å²) in [7, 11) is 0. The van der Waals surface area contributed by atoms with Gasteiger partial charge in [0.15, 0.2) is 0 Å². The molecule has 0 saturated carbocycles. The molecule has 1 aliphatic carbocycles. The fourth-order valence-corrected chi connectivity index (χ4v) is 1.25. The van der Waals surface area contributed by atoms with E-state index >= 15 is 0 Å². The van der Waals surface area contributed by atoms with Crippen LogP contribution < -0.4 is 10.4 Å². The topological polar surface area (TPSA) is 12.9 Å². The molecular formula is C11H15N. The molecule has 1 aromatic rings. The van der Waals surface area contributed by atoms with Gasteiger partial charge in [-0.1, -0.05) is 26.0 Å². The standard InChI is InChI=1S/C9H9N.C2H6/c1-2-4-9-7-10-6-5-8(9)3-1;1-2/h3-7H,1-2H2;1-2H3. The normalized spacial score (nSPS) is 12.8. The van der Waals surface area contributed by atoms with Crippen molar-refractivity contribution < 1.29 is 0 Å². The lowest BCUT2D eigenvalue weighted by molar-refractivity contribution is 1.10. The van der Waals surface area contributed by atoms with Crippen molar-refractivity contribution in [1.29, 1.82) is 0 Å². The molecule has 1 heterocycles. The van der Waals surface area contributed by atoms with Crippen LogP contribution in [0.1, 0.15) is 26.7 Å². The van der Waals surface area contributed by atoms with Gasteiger partial charge in [-0.05, 0) is 29.3 Å². The Morgan fingerprint density at radius 1 is 1.08 bits per heavy atom. The highest BCUT2D eigenvalue weighted by Gasteiger charge is 1.89. The first-order chi connectivity index (χ1) is 5.97. The Balaban J connectivity index is 0.000000336. The van der Waals surface area contributed by atoms with Crippen molar-refractivity contribution in [2.45, 2.75) is 26.7 Å². The third-order valence-electron chi connectivity index (χ3n) is 1.78. The average molecular weight is 161 g/mol. The lowest BCUT2D eigenvalue weighted by Crippen LogP contribution is -2.26. The molecule has 0 fully saturated rings. The molecule has 0 amide bonds. The zero-order chi connectivity index (χ0) is 8.81. The van der Waals surface area contributed by atoms with Gasteiger partial charge in [-0.2, -0.15) is 0 Å². The molecule has 0 saturated heterocycles. The minimum atomic E-state index is 1.17. The predicted molar refractivity (Wildman–Crippen MR) is 53.0 cm³/mol. The second kappa shape index (κ2) is 4.70. The van der Waals surface area contributed by atoms with Crippen molar-refractivity contribution in [2.75, 3.05) is 0 Å². The molecule has 0 aliphatic heterocycles. The number of fused-ring (bicyclic) bond motifs is 1. The molecule has 0 atom stereocenters. The van der Waals surface area contributed by atoms with E-state index in [1.165, 1.54) is 23.3 Å². The van der Waals surface area contributed by atoms with E-state index in [-0.39, 0.29) is 0 Å². The predicted octanol–water partition coefficient (Wildman–Crippen LogP) is 1.46. The van der Waals surface area contributed by atoms with Gasteiger partial charge in [0.2, 0.25) is 0 Å². The molecule has 1 aromatic heterocycles. The van der Waals surface area contributed by atoms with Crippen LogP contribution in [0.2, 0.25) is 0 Å². The summed E-state index contributed by atoms with van der Waals surface area (Å²) in [5, 5.41) is 2.62. The SMILES string of the molecule is C1=c2ccncc2=CCC1.CC. The number of pyridine rings is 1. The highest BCUT2D eigenvalue weighted by atomic mass is 14.6. The summed E-state index contributed by atoms with van der Waals surface area (Å²) >= 11 is 0. The summed E-state index contributed by atoms with van der Waals surface area (Å²) < 4.78 is 0. The van der Waals surface area contributed by atoms with Crippen LogP contribution in [0.5, 0.6) is 0 Å². The summed E-state index contributed by atoms with van der Waals surface area (Å²) in [4.78, 5) is 4.05. The lowest BCUT2D eigenvalue weighted by Gasteiger charge is -1.96. The number of aromatic nitrogens is 1. The van der Waals surface area contributed by atoms with Gasteiger partial charge in [-0.25, -0.2) is 0 Å². The van der Waals surface area contributed by atoms with Crippen LogP contribution in [0.4, 0.5) is 0 Å². The van der Waals surface area contributed by atoms with Crippen LogP contribution in [-0.2, 0) is 0 Å². The minimum Gasteiger partial charge on any atom is -0.264 e. The first kappa shape index (κ1) is 8.98. The third kappa shape index (κ3) is 1.94. The first-order valence-electron chi connectivity index (χ1n) is 4.57. The zero-order valence-electron chi connectivity index (χ0n) is 7.75. The van der Waals surface area contributed by atoms with Gasteiger partial charge in [0, 0.05) is 12.4 Å². The van der Waals surface area contributed by atoms with E-state index in [1.54, 1.807) is 0 Å². The van der Waals surface area contributed by atoms with Gasteiger partial charge in [0.1, 0.15) is 0 Å². The molecule has 1 aliphatic rings. The molecule has 12 heavy (non-hydrogen) atoms. The Morgan fingerprint density at radius 3 is 2.42 bits per heavy atom. The van der Waals surface area contributed by atoms with E-state index < -0.39 is 0 Å². The van der Waals surface area contributed by atoms with Crippen LogP contribution in [0, 0.1) is 0 Å². The maximum Gasteiger partial charge on any atom is 0.0343 e. The maximum absolute atomic E-state index is 4.05. The summed E-state index contributed by atoms with van der Waals surface area (Å²) in [6, 6.07) is 2.06. The Kier molecular flexibility index (Phi) is 3.52. The quantitative estimate of drug-likeness (QED) is 0.561. The molecule has 0 bridgehead atoms. The highest BCUT2D eigenvalue weighted by molar-refractivity contribution is 5.36. The van der Waals surface area contributed by atoms with Gasteiger partial charge in [-0.3, -0.25) is 4.98 Å². The summed E-state index contributed by atoms with van der Waals surface area (Å²) in [6.07, 6.45) is 10.6. The number of nitrogens with zero attached hydrogens (tertiary/aromatic N) is 1. The fraction of sp³-hybridized carbons (Fsp3) is 0.364. The van der Waals surface area contributed by atoms with Crippen molar-refractivity contribution >= 4 is 12.2 Å². The molecule has 1 nitrogen and oxygen atoms in total. The van der Waals surface area contributed by atoms with Crippen LogP contribution in [0.3, 0.4) is 0 Å². The number of hydrogen-bond acceptors (Lipinski definition) is 1. The van der Waals surface area contributed by atoms with Crippen LogP contribution >= 0.6 is 0 Å². The lowest BCUT2D eigenvalue weighted by atomic mass is 10.1. The zero-order valence-corrected chi connectivity index (χ0v) is 7.75. The van der Waals surface area contributed by atoms with Gasteiger partial charge in [0.25, 0.3) is 0 Å². The largest absolute Gasteiger partial charge is 0.264 e. The van der Waals surface area contributed by atoms with E-state index in [2.05, 4.69) is 23.2 Å². The van der Waals surface area contributed by atoms with E-state index in [9.17, 15) is 0 Å². The van der Waals surface area contributed by atoms with Gasteiger partial charge >= 0.3 is 0 Å². The molecule has 0 radical (unpaired) electrons. The molecule has 64 valence electrons. The van der Waals surface area contributed by atoms with Crippen molar-refractivity contribution in [3.8, 4) is 0 Å². The van der Waals surface area contributed by atoms with Crippen LogP contribution in [0.25, 0.3) is 12.2 Å². The minimum absolute atomic E-state index is 1.17. The summed E-state index contributed by atoms with van der Waals surface area (Å²) in [6.45, 7) is 4.00. The van der Waals surface area contributed by atoms with E-state index in [0.29, 0.717) is 0 Å². The third-order valence-corrected chi connectivity index (χ3v) is 1.78. The second-order valence-corrected chi connectivity index (χ2v) is 2.49. The van der Waals surface area contributed by atoms with Crippen molar-refractivity contribution in [2.24, 2.45) is 0 Å². The second-order valence-electron chi connectivity index (χ2n) is 2.49. The fourth-order valence-electron chi connectivity index (χ4n) is 1.25. The Bertz CT molecular complexity index is 303. The van der Waals surface area contributed by atoms with Gasteiger partial charge in [-0.15, -0.1) is 0 Å². The van der Waals surface area contributed by atoms with E-state index in [1.807, 2.05) is 26.2 Å². The Morgan fingerprint density at radius 2 is 1.75 bits per heavy atom. The number of hydrogen-bond donors (Lipinski definition) is 0. The molecule has 0 spiro atoms. The van der Waals surface area contributed by atoms with Crippen LogP contribution in [-0.4, -0.2) is 4.98 Å². The smallest absolute Gasteiger partial charge is 0.0343 e. The van der Waals surface area contributed by atoms with E-state index in [4.69, 9.17) is 0 Å². The molecule has 0 aromatic carbocycles. The van der Waals surface area contributed by atoms with Crippen LogP contribution in [0.15, 0.2) is 18.5 Å². The first-order valence-corrected chi connectivity index (χ1v) is 4.57. The van der Waals surface area contributed by atoms with Crippen molar-refractivity contribution in [3.63, 3.8) is 0 Å². The maximum atomic E-state index is 4.05. The Labute approximate surface area is 73.5 Å². The molecule has 0 N–H and O–H groups in total. The number of rotatable bonds is 0. The molecule has 1 heteroatoms. The monoisotopic (exact) mass is 161 g/mol. The Hall–Kier alpha value is -1.11. The molecule has 0 unspecified atom stereocenters. The average Bonchev–Trinajstić information content (AvgIpc) is 2.21. The van der Waals surface area contributed by atoms with Crippen molar-refractivity contribution in [1.82, 2.24) is 4.98 Å². The molecular weight excluding hydrogens is 146 g/mol. The van der Waals surface area contributed by atoms with Crippen molar-refractivity contribution in [3.05, 3.63) is 28.9 Å². The molecule has 2 rings (SSSR count). The highest BCUT2D eigenvalue weighted by Crippen LogP contribution is 1.92.